The van der Waals surface area contributed by atoms with E-state index in [1.807, 2.05) is 0 Å². The van der Waals surface area contributed by atoms with Gasteiger partial charge in [0.15, 0.2) is 0 Å². The summed E-state index contributed by atoms with van der Waals surface area (Å²) in [7, 11) is 0. The van der Waals surface area contributed by atoms with Crippen LogP contribution in [0, 0.1) is 0 Å². The van der Waals surface area contributed by atoms with Gasteiger partial charge in [-0.2, -0.15) is 0 Å². The molecule has 2 nitrogen and oxygen atoms in total. The van der Waals surface area contributed by atoms with Crippen LogP contribution >= 0.6 is 15.9 Å². The molecule has 20 heavy (non-hydrogen) atoms. The Kier molecular flexibility index (Phi) is 4.20. The molecule has 1 aliphatic rings. The highest BCUT2D eigenvalue weighted by Gasteiger charge is 2.27. The molecule has 3 N–H and O–H groups in total. The van der Waals surface area contributed by atoms with Crippen LogP contribution in [0.5, 0.6) is 0 Å². The Balaban J connectivity index is 1.59. The Morgan fingerprint density at radius 2 is 1.75 bits per heavy atom. The fourth-order valence-corrected chi connectivity index (χ4v) is 3.17. The summed E-state index contributed by atoms with van der Waals surface area (Å²) in [6, 6.07) is 17.6. The molecule has 0 saturated heterocycles. The smallest absolute Gasteiger partial charge is 0.0341 e. The second-order valence-corrected chi connectivity index (χ2v) is 6.27. The molecule has 2 atom stereocenters. The lowest BCUT2D eigenvalue weighted by atomic mass is 10.1. The molecule has 0 amide bonds. The number of fused-ring (bicyclic) bond motifs is 1. The first-order chi connectivity index (χ1) is 9.74. The standard InChI is InChI=1S/C17H19BrN2/c18-13-7-5-12(6-8-13)9-10-20-17-11-16(19)14-3-1-2-4-15(14)17/h1-8,16-17,20H,9-11,19H2. The van der Waals surface area contributed by atoms with Crippen molar-refractivity contribution in [3.8, 4) is 0 Å². The van der Waals surface area contributed by atoms with Gasteiger partial charge in [0.25, 0.3) is 0 Å². The van der Waals surface area contributed by atoms with Gasteiger partial charge < -0.3 is 11.1 Å². The van der Waals surface area contributed by atoms with E-state index in [0.717, 1.165) is 23.9 Å². The van der Waals surface area contributed by atoms with E-state index in [4.69, 9.17) is 5.73 Å². The van der Waals surface area contributed by atoms with Crippen LogP contribution in [0.3, 0.4) is 0 Å². The molecule has 0 radical (unpaired) electrons. The van der Waals surface area contributed by atoms with Crippen molar-refractivity contribution in [1.29, 1.82) is 0 Å². The van der Waals surface area contributed by atoms with Gasteiger partial charge in [0.05, 0.1) is 0 Å². The summed E-state index contributed by atoms with van der Waals surface area (Å²) in [5.74, 6) is 0. The van der Waals surface area contributed by atoms with Crippen LogP contribution in [0.2, 0.25) is 0 Å². The summed E-state index contributed by atoms with van der Waals surface area (Å²) in [5, 5.41) is 3.64. The Morgan fingerprint density at radius 3 is 2.50 bits per heavy atom. The van der Waals surface area contributed by atoms with Gasteiger partial charge >= 0.3 is 0 Å². The fourth-order valence-electron chi connectivity index (χ4n) is 2.91. The van der Waals surface area contributed by atoms with Crippen molar-refractivity contribution in [1.82, 2.24) is 5.32 Å². The molecule has 2 aromatic rings. The van der Waals surface area contributed by atoms with E-state index < -0.39 is 0 Å². The maximum absolute atomic E-state index is 6.19. The fraction of sp³-hybridized carbons (Fsp3) is 0.294. The van der Waals surface area contributed by atoms with E-state index in [2.05, 4.69) is 69.8 Å². The molecule has 0 bridgehead atoms. The van der Waals surface area contributed by atoms with Crippen molar-refractivity contribution >= 4 is 15.9 Å². The zero-order valence-corrected chi connectivity index (χ0v) is 12.9. The maximum Gasteiger partial charge on any atom is 0.0341 e. The van der Waals surface area contributed by atoms with Crippen molar-refractivity contribution in [2.24, 2.45) is 5.73 Å². The van der Waals surface area contributed by atoms with E-state index in [9.17, 15) is 0 Å². The molecule has 104 valence electrons. The molecular weight excluding hydrogens is 312 g/mol. The summed E-state index contributed by atoms with van der Waals surface area (Å²) in [4.78, 5) is 0. The van der Waals surface area contributed by atoms with Gasteiger partial charge in [-0.1, -0.05) is 52.3 Å². The molecule has 0 saturated carbocycles. The molecule has 0 spiro atoms. The summed E-state index contributed by atoms with van der Waals surface area (Å²) in [6.07, 6.45) is 2.04. The maximum atomic E-state index is 6.19. The Labute approximate surface area is 128 Å². The van der Waals surface area contributed by atoms with E-state index >= 15 is 0 Å². The van der Waals surface area contributed by atoms with Crippen molar-refractivity contribution in [2.75, 3.05) is 6.54 Å². The zero-order valence-electron chi connectivity index (χ0n) is 11.4. The Bertz CT molecular complexity index is 580. The topological polar surface area (TPSA) is 38.0 Å². The predicted molar refractivity (Wildman–Crippen MR) is 86.6 cm³/mol. The van der Waals surface area contributed by atoms with E-state index in [1.165, 1.54) is 16.7 Å². The molecule has 0 aliphatic heterocycles. The van der Waals surface area contributed by atoms with Gasteiger partial charge in [-0.05, 0) is 48.2 Å². The van der Waals surface area contributed by atoms with Crippen LogP contribution < -0.4 is 11.1 Å². The van der Waals surface area contributed by atoms with Crippen LogP contribution in [0.4, 0.5) is 0 Å². The van der Waals surface area contributed by atoms with E-state index in [-0.39, 0.29) is 6.04 Å². The normalized spacial score (nSPS) is 20.9. The van der Waals surface area contributed by atoms with Crippen LogP contribution in [0.25, 0.3) is 0 Å². The minimum absolute atomic E-state index is 0.177. The first kappa shape index (κ1) is 13.8. The van der Waals surface area contributed by atoms with E-state index in [0.29, 0.717) is 6.04 Å². The highest BCUT2D eigenvalue weighted by atomic mass is 79.9. The lowest BCUT2D eigenvalue weighted by Crippen LogP contribution is -2.22. The lowest BCUT2D eigenvalue weighted by molar-refractivity contribution is 0.502. The number of nitrogens with one attached hydrogen (secondary N) is 1. The third-order valence-corrected chi connectivity index (χ3v) is 4.51. The number of hydrogen-bond donors (Lipinski definition) is 2. The number of nitrogens with two attached hydrogens (primary N) is 1. The molecule has 0 heterocycles. The summed E-state index contributed by atoms with van der Waals surface area (Å²) >= 11 is 3.46. The largest absolute Gasteiger partial charge is 0.324 e. The molecule has 3 heteroatoms. The molecule has 2 unspecified atom stereocenters. The van der Waals surface area contributed by atoms with Gasteiger partial charge in [0.2, 0.25) is 0 Å². The minimum Gasteiger partial charge on any atom is -0.324 e. The second-order valence-electron chi connectivity index (χ2n) is 5.35. The van der Waals surface area contributed by atoms with Crippen LogP contribution in [0.15, 0.2) is 53.0 Å². The highest BCUT2D eigenvalue weighted by Crippen LogP contribution is 2.36. The molecular formula is C17H19BrN2. The zero-order chi connectivity index (χ0) is 13.9. The predicted octanol–water partition coefficient (Wildman–Crippen LogP) is 3.73. The quantitative estimate of drug-likeness (QED) is 0.896. The second kappa shape index (κ2) is 6.08. The third-order valence-electron chi connectivity index (χ3n) is 3.98. The van der Waals surface area contributed by atoms with Crippen molar-refractivity contribution in [3.63, 3.8) is 0 Å². The molecule has 1 aliphatic carbocycles. The van der Waals surface area contributed by atoms with Crippen molar-refractivity contribution < 1.29 is 0 Å². The molecule has 3 rings (SSSR count). The van der Waals surface area contributed by atoms with Crippen LogP contribution in [-0.2, 0) is 6.42 Å². The Morgan fingerprint density at radius 1 is 1.05 bits per heavy atom. The summed E-state index contributed by atoms with van der Waals surface area (Å²) in [5.41, 5.74) is 10.2. The highest BCUT2D eigenvalue weighted by molar-refractivity contribution is 9.10. The summed E-state index contributed by atoms with van der Waals surface area (Å²) < 4.78 is 1.13. The molecule has 0 aromatic heterocycles. The average molecular weight is 331 g/mol. The lowest BCUT2D eigenvalue weighted by Gasteiger charge is -2.14. The Hall–Kier alpha value is -1.16. The number of benzene rings is 2. The number of hydrogen-bond acceptors (Lipinski definition) is 2. The minimum atomic E-state index is 0.177. The van der Waals surface area contributed by atoms with Crippen LogP contribution in [0.1, 0.15) is 35.2 Å². The summed E-state index contributed by atoms with van der Waals surface area (Å²) in [6.45, 7) is 0.980. The van der Waals surface area contributed by atoms with Crippen LogP contribution in [-0.4, -0.2) is 6.54 Å². The molecule has 0 fully saturated rings. The van der Waals surface area contributed by atoms with Gasteiger partial charge in [-0.3, -0.25) is 0 Å². The third kappa shape index (κ3) is 2.95. The SMILES string of the molecule is NC1CC(NCCc2ccc(Br)cc2)c2ccccc21. The number of rotatable bonds is 4. The van der Waals surface area contributed by atoms with E-state index in [1.54, 1.807) is 0 Å². The van der Waals surface area contributed by atoms with Crippen molar-refractivity contribution in [3.05, 3.63) is 69.7 Å². The number of halogens is 1. The van der Waals surface area contributed by atoms with Gasteiger partial charge in [0.1, 0.15) is 0 Å². The van der Waals surface area contributed by atoms with Crippen molar-refractivity contribution in [2.45, 2.75) is 24.9 Å². The monoisotopic (exact) mass is 330 g/mol. The van der Waals surface area contributed by atoms with Gasteiger partial charge in [-0.15, -0.1) is 0 Å². The molecule has 2 aromatic carbocycles. The average Bonchev–Trinajstić information content (AvgIpc) is 2.79. The van der Waals surface area contributed by atoms with Gasteiger partial charge in [0, 0.05) is 16.6 Å². The first-order valence-electron chi connectivity index (χ1n) is 7.06. The van der Waals surface area contributed by atoms with Gasteiger partial charge in [-0.25, -0.2) is 0 Å². The first-order valence-corrected chi connectivity index (χ1v) is 7.85.